The topological polar surface area (TPSA) is 41.5 Å². The molecule has 6 heteroatoms. The predicted octanol–water partition coefficient (Wildman–Crippen LogP) is 3.78. The second kappa shape index (κ2) is 7.64. The Bertz CT molecular complexity index is 814. The summed E-state index contributed by atoms with van der Waals surface area (Å²) in [5, 5.41) is 1.39. The highest BCUT2D eigenvalue weighted by atomic mass is 32.1. The molecule has 2 aliphatic heterocycles. The molecule has 27 heavy (non-hydrogen) atoms. The first-order valence-corrected chi connectivity index (χ1v) is 11.5. The summed E-state index contributed by atoms with van der Waals surface area (Å²) in [5.74, 6) is 2.24. The third kappa shape index (κ3) is 3.36. The molecule has 2 aromatic heterocycles. The van der Waals surface area contributed by atoms with E-state index >= 15 is 0 Å². The predicted molar refractivity (Wildman–Crippen MR) is 111 cm³/mol. The zero-order valence-electron chi connectivity index (χ0n) is 16.4. The SMILES string of the molecule is CC[C@H]1CCCCN1c1nc(CN2CCOCC2)nc2sc3c(c12)CCC3. The lowest BCUT2D eigenvalue weighted by Crippen LogP contribution is -2.40. The Morgan fingerprint density at radius 2 is 1.96 bits per heavy atom. The van der Waals surface area contributed by atoms with Gasteiger partial charge in [-0.1, -0.05) is 6.92 Å². The first-order chi connectivity index (χ1) is 13.3. The van der Waals surface area contributed by atoms with Gasteiger partial charge in [-0.25, -0.2) is 9.97 Å². The number of morpholine rings is 1. The fourth-order valence-corrected chi connectivity index (χ4v) is 6.24. The third-order valence-corrected chi connectivity index (χ3v) is 7.62. The Morgan fingerprint density at radius 3 is 2.81 bits per heavy atom. The van der Waals surface area contributed by atoms with Crippen LogP contribution in [0.25, 0.3) is 10.2 Å². The number of ether oxygens (including phenoxy) is 1. The third-order valence-electron chi connectivity index (χ3n) is 6.43. The van der Waals surface area contributed by atoms with Crippen LogP contribution in [0.3, 0.4) is 0 Å². The number of aromatic nitrogens is 2. The Balaban J connectivity index is 1.57. The molecule has 0 radical (unpaired) electrons. The smallest absolute Gasteiger partial charge is 0.146 e. The standard InChI is InChI=1S/C21H30N4OS/c1-2-15-6-3-4-9-25(15)20-19-16-7-5-8-17(16)27-21(19)23-18(22-20)14-24-10-12-26-13-11-24/h15H,2-14H2,1H3/t15-/m0/s1. The Labute approximate surface area is 165 Å². The van der Waals surface area contributed by atoms with Crippen molar-refractivity contribution in [2.45, 2.75) is 64.5 Å². The number of thiophene rings is 1. The van der Waals surface area contributed by atoms with E-state index in [9.17, 15) is 0 Å². The monoisotopic (exact) mass is 386 g/mol. The van der Waals surface area contributed by atoms with Gasteiger partial charge < -0.3 is 9.64 Å². The van der Waals surface area contributed by atoms with Crippen molar-refractivity contribution in [3.63, 3.8) is 0 Å². The molecule has 5 nitrogen and oxygen atoms in total. The summed E-state index contributed by atoms with van der Waals surface area (Å²) < 4.78 is 5.51. The quantitative estimate of drug-likeness (QED) is 0.800. The fourth-order valence-electron chi connectivity index (χ4n) is 4.96. The first-order valence-electron chi connectivity index (χ1n) is 10.7. The van der Waals surface area contributed by atoms with Crippen LogP contribution in [0.5, 0.6) is 0 Å². The highest BCUT2D eigenvalue weighted by Crippen LogP contribution is 2.42. The van der Waals surface area contributed by atoms with E-state index in [2.05, 4.69) is 16.7 Å². The van der Waals surface area contributed by atoms with Gasteiger partial charge in [-0.3, -0.25) is 4.90 Å². The molecule has 5 rings (SSSR count). The zero-order valence-corrected chi connectivity index (χ0v) is 17.2. The summed E-state index contributed by atoms with van der Waals surface area (Å²) in [4.78, 5) is 18.1. The second-order valence-corrected chi connectivity index (χ2v) is 9.22. The van der Waals surface area contributed by atoms with Gasteiger partial charge in [0.25, 0.3) is 0 Å². The van der Waals surface area contributed by atoms with Gasteiger partial charge in [-0.15, -0.1) is 11.3 Å². The highest BCUT2D eigenvalue weighted by Gasteiger charge is 2.29. The maximum Gasteiger partial charge on any atom is 0.146 e. The molecule has 0 amide bonds. The number of fused-ring (bicyclic) bond motifs is 3. The van der Waals surface area contributed by atoms with Crippen LogP contribution in [0.15, 0.2) is 0 Å². The van der Waals surface area contributed by atoms with Crippen LogP contribution in [0.2, 0.25) is 0 Å². The van der Waals surface area contributed by atoms with Crippen molar-refractivity contribution in [3.8, 4) is 0 Å². The molecule has 0 bridgehead atoms. The van der Waals surface area contributed by atoms with Crippen molar-refractivity contribution >= 4 is 27.4 Å². The molecule has 0 saturated carbocycles. The molecular weight excluding hydrogens is 356 g/mol. The van der Waals surface area contributed by atoms with E-state index in [1.807, 2.05) is 11.3 Å². The number of aryl methyl sites for hydroxylation is 2. The molecule has 1 atom stereocenters. The van der Waals surface area contributed by atoms with Crippen LogP contribution in [0.4, 0.5) is 5.82 Å². The second-order valence-electron chi connectivity index (χ2n) is 8.14. The minimum Gasteiger partial charge on any atom is -0.379 e. The van der Waals surface area contributed by atoms with E-state index in [1.165, 1.54) is 61.0 Å². The van der Waals surface area contributed by atoms with Crippen molar-refractivity contribution < 1.29 is 4.74 Å². The fraction of sp³-hybridized carbons (Fsp3) is 0.714. The van der Waals surface area contributed by atoms with Crippen LogP contribution >= 0.6 is 11.3 Å². The molecule has 0 unspecified atom stereocenters. The lowest BCUT2D eigenvalue weighted by molar-refractivity contribution is 0.0331. The molecule has 2 fully saturated rings. The average Bonchev–Trinajstić information content (AvgIpc) is 3.29. The first kappa shape index (κ1) is 17.8. The molecular formula is C21H30N4OS. The largest absolute Gasteiger partial charge is 0.379 e. The summed E-state index contributed by atoms with van der Waals surface area (Å²) in [6, 6.07) is 0.630. The van der Waals surface area contributed by atoms with Gasteiger partial charge in [0.05, 0.1) is 25.1 Å². The van der Waals surface area contributed by atoms with E-state index in [-0.39, 0.29) is 0 Å². The van der Waals surface area contributed by atoms with Gasteiger partial charge in [0.15, 0.2) is 0 Å². The van der Waals surface area contributed by atoms with Gasteiger partial charge in [0.2, 0.25) is 0 Å². The van der Waals surface area contributed by atoms with E-state index in [0.29, 0.717) is 6.04 Å². The Hall–Kier alpha value is -1.24. The molecule has 4 heterocycles. The summed E-state index contributed by atoms with van der Waals surface area (Å²) >= 11 is 1.93. The minimum absolute atomic E-state index is 0.630. The van der Waals surface area contributed by atoms with Gasteiger partial charge in [0.1, 0.15) is 16.5 Å². The Kier molecular flexibility index (Phi) is 5.05. The summed E-state index contributed by atoms with van der Waals surface area (Å²) in [5.41, 5.74) is 1.56. The van der Waals surface area contributed by atoms with E-state index in [0.717, 1.165) is 45.2 Å². The van der Waals surface area contributed by atoms with Gasteiger partial charge in [0, 0.05) is 30.6 Å². The van der Waals surface area contributed by atoms with E-state index in [4.69, 9.17) is 14.7 Å². The van der Waals surface area contributed by atoms with Crippen LogP contribution in [-0.2, 0) is 24.1 Å². The molecule has 2 aromatic rings. The zero-order chi connectivity index (χ0) is 18.2. The van der Waals surface area contributed by atoms with Crippen molar-refractivity contribution in [3.05, 3.63) is 16.3 Å². The number of nitrogens with zero attached hydrogens (tertiary/aromatic N) is 4. The molecule has 1 aliphatic carbocycles. The van der Waals surface area contributed by atoms with Gasteiger partial charge in [-0.05, 0) is 50.5 Å². The number of rotatable bonds is 4. The van der Waals surface area contributed by atoms with Crippen molar-refractivity contribution in [2.24, 2.45) is 0 Å². The molecule has 3 aliphatic rings. The number of anilines is 1. The maximum absolute atomic E-state index is 5.51. The molecule has 0 N–H and O–H groups in total. The highest BCUT2D eigenvalue weighted by molar-refractivity contribution is 7.19. The summed E-state index contributed by atoms with van der Waals surface area (Å²) in [6.45, 7) is 7.94. The number of piperidine rings is 1. The van der Waals surface area contributed by atoms with Crippen molar-refractivity contribution in [2.75, 3.05) is 37.7 Å². The van der Waals surface area contributed by atoms with Crippen molar-refractivity contribution in [1.29, 1.82) is 0 Å². The number of hydrogen-bond acceptors (Lipinski definition) is 6. The van der Waals surface area contributed by atoms with Crippen LogP contribution in [-0.4, -0.2) is 53.8 Å². The van der Waals surface area contributed by atoms with Crippen LogP contribution < -0.4 is 4.90 Å². The summed E-state index contributed by atoms with van der Waals surface area (Å²) in [6.07, 6.45) is 8.87. The molecule has 146 valence electrons. The number of hydrogen-bond donors (Lipinski definition) is 0. The normalized spacial score (nSPS) is 23.9. The summed E-state index contributed by atoms with van der Waals surface area (Å²) in [7, 11) is 0. The minimum atomic E-state index is 0.630. The van der Waals surface area contributed by atoms with Gasteiger partial charge >= 0.3 is 0 Å². The van der Waals surface area contributed by atoms with Crippen LogP contribution in [0, 0.1) is 0 Å². The van der Waals surface area contributed by atoms with Crippen LogP contribution in [0.1, 0.15) is 55.3 Å². The Morgan fingerprint density at radius 1 is 1.07 bits per heavy atom. The molecule has 0 spiro atoms. The van der Waals surface area contributed by atoms with E-state index in [1.54, 1.807) is 10.4 Å². The maximum atomic E-state index is 5.51. The average molecular weight is 387 g/mol. The van der Waals surface area contributed by atoms with E-state index < -0.39 is 0 Å². The van der Waals surface area contributed by atoms with Gasteiger partial charge in [-0.2, -0.15) is 0 Å². The van der Waals surface area contributed by atoms with Crippen molar-refractivity contribution in [1.82, 2.24) is 14.9 Å². The lowest BCUT2D eigenvalue weighted by atomic mass is 9.99. The molecule has 0 aromatic carbocycles. The molecule has 2 saturated heterocycles. The lowest BCUT2D eigenvalue weighted by Gasteiger charge is -2.37.